The number of carbonyl (C=O) groups is 1. The highest BCUT2D eigenvalue weighted by Gasteiger charge is 2.32. The maximum atomic E-state index is 10.9. The first-order chi connectivity index (χ1) is 10.6. The molecule has 1 aliphatic heterocycles. The molecule has 0 amide bonds. The fourth-order valence-electron chi connectivity index (χ4n) is 2.99. The Hall–Kier alpha value is -2.27. The number of carboxylic acids is 1. The summed E-state index contributed by atoms with van der Waals surface area (Å²) >= 11 is 0. The molecule has 0 aromatic heterocycles. The predicted octanol–water partition coefficient (Wildman–Crippen LogP) is 2.37. The summed E-state index contributed by atoms with van der Waals surface area (Å²) in [5, 5.41) is 11.0. The minimum Gasteiger partial charge on any atom is -0.496 e. The number of methoxy groups -OCH3 is 2. The van der Waals surface area contributed by atoms with Gasteiger partial charge >= 0.3 is 5.97 Å². The lowest BCUT2D eigenvalue weighted by Gasteiger charge is -2.36. The third kappa shape index (κ3) is 2.48. The third-order valence-electron chi connectivity index (χ3n) is 4.19. The van der Waals surface area contributed by atoms with Crippen LogP contribution in [0.2, 0.25) is 0 Å². The van der Waals surface area contributed by atoms with Crippen LogP contribution in [-0.4, -0.2) is 43.3 Å². The van der Waals surface area contributed by atoms with E-state index < -0.39 is 5.97 Å². The molecule has 5 nitrogen and oxygen atoms in total. The van der Waals surface area contributed by atoms with Gasteiger partial charge in [0.15, 0.2) is 0 Å². The Morgan fingerprint density at radius 2 is 1.91 bits per heavy atom. The zero-order valence-corrected chi connectivity index (χ0v) is 12.7. The van der Waals surface area contributed by atoms with Crippen molar-refractivity contribution in [1.82, 2.24) is 4.90 Å². The molecular formula is C17H19NO4. The van der Waals surface area contributed by atoms with Crippen molar-refractivity contribution < 1.29 is 19.4 Å². The molecule has 2 aromatic rings. The first-order valence-electron chi connectivity index (χ1n) is 7.21. The van der Waals surface area contributed by atoms with Crippen LogP contribution in [0.1, 0.15) is 5.56 Å². The van der Waals surface area contributed by atoms with E-state index in [0.717, 1.165) is 27.8 Å². The van der Waals surface area contributed by atoms with Gasteiger partial charge in [-0.1, -0.05) is 18.2 Å². The number of aliphatic carboxylic acids is 1. The lowest BCUT2D eigenvalue weighted by molar-refractivity contribution is -0.147. The standard InChI is InChI=1S/C17H19NO4/c1-21-14-7-6-11(8-18-9-12(10-18)17(19)20)16-13(14)4-3-5-15(16)22-2/h3-7,12H,8-10H2,1-2H3,(H,19,20). The molecule has 0 saturated carbocycles. The van der Waals surface area contributed by atoms with Gasteiger partial charge in [0.2, 0.25) is 0 Å². The van der Waals surface area contributed by atoms with Gasteiger partial charge in [0.25, 0.3) is 0 Å². The molecule has 1 heterocycles. The molecule has 22 heavy (non-hydrogen) atoms. The topological polar surface area (TPSA) is 59.0 Å². The molecule has 0 radical (unpaired) electrons. The monoisotopic (exact) mass is 301 g/mol. The molecule has 1 N–H and O–H groups in total. The molecule has 2 aromatic carbocycles. The number of carboxylic acid groups (broad SMARTS) is 1. The first-order valence-corrected chi connectivity index (χ1v) is 7.21. The van der Waals surface area contributed by atoms with Crippen LogP contribution in [0, 0.1) is 5.92 Å². The van der Waals surface area contributed by atoms with Gasteiger partial charge in [0.1, 0.15) is 11.5 Å². The quantitative estimate of drug-likeness (QED) is 0.919. The van der Waals surface area contributed by atoms with Gasteiger partial charge in [0, 0.05) is 30.4 Å². The smallest absolute Gasteiger partial charge is 0.309 e. The van der Waals surface area contributed by atoms with Crippen molar-refractivity contribution in [3.63, 3.8) is 0 Å². The van der Waals surface area contributed by atoms with E-state index in [9.17, 15) is 4.79 Å². The normalized spacial score (nSPS) is 15.5. The van der Waals surface area contributed by atoms with E-state index in [0.29, 0.717) is 19.6 Å². The fraction of sp³-hybridized carbons (Fsp3) is 0.353. The maximum absolute atomic E-state index is 10.9. The first kappa shape index (κ1) is 14.7. The summed E-state index contributed by atoms with van der Waals surface area (Å²) in [7, 11) is 3.31. The van der Waals surface area contributed by atoms with Crippen LogP contribution in [0.3, 0.4) is 0 Å². The van der Waals surface area contributed by atoms with Gasteiger partial charge < -0.3 is 14.6 Å². The highest BCUT2D eigenvalue weighted by molar-refractivity contribution is 5.95. The predicted molar refractivity (Wildman–Crippen MR) is 83.5 cm³/mol. The van der Waals surface area contributed by atoms with Crippen molar-refractivity contribution >= 4 is 16.7 Å². The molecule has 116 valence electrons. The molecular weight excluding hydrogens is 282 g/mol. The van der Waals surface area contributed by atoms with E-state index in [-0.39, 0.29) is 5.92 Å². The van der Waals surface area contributed by atoms with Crippen LogP contribution in [0.4, 0.5) is 0 Å². The molecule has 0 atom stereocenters. The summed E-state index contributed by atoms with van der Waals surface area (Å²) in [4.78, 5) is 13.0. The SMILES string of the molecule is COc1ccc(CN2CC(C(=O)O)C2)c2c(OC)cccc12. The van der Waals surface area contributed by atoms with Crippen molar-refractivity contribution in [3.05, 3.63) is 35.9 Å². The van der Waals surface area contributed by atoms with E-state index in [1.807, 2.05) is 30.3 Å². The number of fused-ring (bicyclic) bond motifs is 1. The van der Waals surface area contributed by atoms with Gasteiger partial charge in [-0.25, -0.2) is 0 Å². The molecule has 1 fully saturated rings. The zero-order chi connectivity index (χ0) is 15.7. The Labute approximate surface area is 129 Å². The Kier molecular flexibility index (Phi) is 3.90. The molecule has 0 aliphatic carbocycles. The molecule has 1 aliphatic rings. The number of nitrogens with zero attached hydrogens (tertiary/aromatic N) is 1. The van der Waals surface area contributed by atoms with Gasteiger partial charge in [-0.05, 0) is 17.7 Å². The summed E-state index contributed by atoms with van der Waals surface area (Å²) < 4.78 is 10.9. The lowest BCUT2D eigenvalue weighted by atomic mass is 9.97. The van der Waals surface area contributed by atoms with Gasteiger partial charge in [-0.2, -0.15) is 0 Å². The molecule has 0 unspecified atom stereocenters. The third-order valence-corrected chi connectivity index (χ3v) is 4.19. The van der Waals surface area contributed by atoms with Crippen molar-refractivity contribution in [2.75, 3.05) is 27.3 Å². The second kappa shape index (κ2) is 5.85. The van der Waals surface area contributed by atoms with E-state index in [1.165, 1.54) is 0 Å². The van der Waals surface area contributed by atoms with Crippen molar-refractivity contribution in [2.45, 2.75) is 6.54 Å². The summed E-state index contributed by atoms with van der Waals surface area (Å²) in [5.74, 6) is 0.659. The number of hydrogen-bond donors (Lipinski definition) is 1. The molecule has 1 saturated heterocycles. The van der Waals surface area contributed by atoms with Crippen LogP contribution in [0.5, 0.6) is 11.5 Å². The summed E-state index contributed by atoms with van der Waals surface area (Å²) in [6.07, 6.45) is 0. The van der Waals surface area contributed by atoms with Crippen molar-refractivity contribution in [3.8, 4) is 11.5 Å². The number of benzene rings is 2. The highest BCUT2D eigenvalue weighted by atomic mass is 16.5. The van der Waals surface area contributed by atoms with Crippen LogP contribution < -0.4 is 9.47 Å². The second-order valence-electron chi connectivity index (χ2n) is 5.54. The summed E-state index contributed by atoms with van der Waals surface area (Å²) in [5.41, 5.74) is 1.12. The number of hydrogen-bond acceptors (Lipinski definition) is 4. The molecule has 3 rings (SSSR count). The lowest BCUT2D eigenvalue weighted by Crippen LogP contribution is -2.49. The number of likely N-dealkylation sites (tertiary alicyclic amines) is 1. The number of ether oxygens (including phenoxy) is 2. The Bertz CT molecular complexity index is 707. The summed E-state index contributed by atoms with van der Waals surface area (Å²) in [6, 6.07) is 9.86. The Morgan fingerprint density at radius 3 is 2.55 bits per heavy atom. The Morgan fingerprint density at radius 1 is 1.18 bits per heavy atom. The summed E-state index contributed by atoms with van der Waals surface area (Å²) in [6.45, 7) is 1.90. The van der Waals surface area contributed by atoms with E-state index in [1.54, 1.807) is 14.2 Å². The molecule has 5 heteroatoms. The Balaban J connectivity index is 1.94. The van der Waals surface area contributed by atoms with Gasteiger partial charge in [-0.3, -0.25) is 9.69 Å². The molecule has 0 bridgehead atoms. The van der Waals surface area contributed by atoms with Crippen LogP contribution in [0.25, 0.3) is 10.8 Å². The van der Waals surface area contributed by atoms with Crippen molar-refractivity contribution in [1.29, 1.82) is 0 Å². The minimum atomic E-state index is -0.714. The van der Waals surface area contributed by atoms with Crippen LogP contribution >= 0.6 is 0 Å². The largest absolute Gasteiger partial charge is 0.496 e. The molecule has 0 spiro atoms. The number of rotatable bonds is 5. The zero-order valence-electron chi connectivity index (χ0n) is 12.7. The average Bonchev–Trinajstić information content (AvgIpc) is 2.49. The second-order valence-corrected chi connectivity index (χ2v) is 5.54. The van der Waals surface area contributed by atoms with Crippen LogP contribution in [0.15, 0.2) is 30.3 Å². The van der Waals surface area contributed by atoms with E-state index >= 15 is 0 Å². The maximum Gasteiger partial charge on any atom is 0.309 e. The van der Waals surface area contributed by atoms with E-state index in [4.69, 9.17) is 14.6 Å². The van der Waals surface area contributed by atoms with Crippen LogP contribution in [-0.2, 0) is 11.3 Å². The highest BCUT2D eigenvalue weighted by Crippen LogP contribution is 2.36. The minimum absolute atomic E-state index is 0.244. The van der Waals surface area contributed by atoms with E-state index in [2.05, 4.69) is 4.90 Å². The average molecular weight is 301 g/mol. The van der Waals surface area contributed by atoms with Gasteiger partial charge in [-0.15, -0.1) is 0 Å². The van der Waals surface area contributed by atoms with Gasteiger partial charge in [0.05, 0.1) is 20.1 Å². The fourth-order valence-corrected chi connectivity index (χ4v) is 2.99. The van der Waals surface area contributed by atoms with Crippen molar-refractivity contribution in [2.24, 2.45) is 5.92 Å².